The summed E-state index contributed by atoms with van der Waals surface area (Å²) >= 11 is 5.83. The van der Waals surface area contributed by atoms with Crippen LogP contribution in [-0.2, 0) is 14.6 Å². The van der Waals surface area contributed by atoms with E-state index in [9.17, 15) is 22.4 Å². The van der Waals surface area contributed by atoms with Crippen LogP contribution < -0.4 is 27.4 Å². The molecule has 36 heavy (non-hydrogen) atoms. The van der Waals surface area contributed by atoms with Crippen LogP contribution in [0.3, 0.4) is 0 Å². The van der Waals surface area contributed by atoms with Gasteiger partial charge in [-0.25, -0.2) is 17.6 Å². The number of hydrogen-bond acceptors (Lipinski definition) is 6. The number of carbonyl (C=O) groups excluding carboxylic acids is 2. The first-order valence-corrected chi connectivity index (χ1v) is 12.9. The lowest BCUT2D eigenvalue weighted by Gasteiger charge is -2.31. The second-order valence-electron chi connectivity index (χ2n) is 7.99. The van der Waals surface area contributed by atoms with E-state index in [0.29, 0.717) is 21.8 Å². The fourth-order valence-corrected chi connectivity index (χ4v) is 4.43. The van der Waals surface area contributed by atoms with Crippen molar-refractivity contribution in [3.8, 4) is 11.1 Å². The summed E-state index contributed by atoms with van der Waals surface area (Å²) in [6.45, 7) is -0.740. The molecule has 3 rings (SSSR count). The molecule has 12 heteroatoms. The minimum atomic E-state index is -3.56. The van der Waals surface area contributed by atoms with Crippen LogP contribution in [-0.4, -0.2) is 45.2 Å². The Bertz CT molecular complexity index is 1380. The number of benzene rings is 3. The fourth-order valence-electron chi connectivity index (χ4n) is 3.39. The maximum absolute atomic E-state index is 15.0. The maximum atomic E-state index is 15.0. The van der Waals surface area contributed by atoms with Gasteiger partial charge in [-0.3, -0.25) is 4.79 Å². The molecule has 0 aliphatic heterocycles. The van der Waals surface area contributed by atoms with Gasteiger partial charge in [0.25, 0.3) is 5.91 Å². The third-order valence-electron chi connectivity index (χ3n) is 5.40. The van der Waals surface area contributed by atoms with Gasteiger partial charge >= 0.3 is 6.03 Å². The van der Waals surface area contributed by atoms with Crippen LogP contribution in [0.2, 0.25) is 5.02 Å². The summed E-state index contributed by atoms with van der Waals surface area (Å²) in [4.78, 5) is 25.6. The lowest BCUT2D eigenvalue weighted by molar-refractivity contribution is -0.121. The van der Waals surface area contributed by atoms with Gasteiger partial charge in [-0.2, -0.15) is 0 Å². The highest BCUT2D eigenvalue weighted by Gasteiger charge is 2.38. The van der Waals surface area contributed by atoms with Gasteiger partial charge in [0.2, 0.25) is 0 Å². The molecule has 7 N–H and O–H groups in total. The highest BCUT2D eigenvalue weighted by atomic mass is 35.5. The normalized spacial score (nSPS) is 11.6. The Morgan fingerprint density at radius 2 is 1.61 bits per heavy atom. The minimum absolute atomic E-state index is 0.0439. The Morgan fingerprint density at radius 3 is 2.19 bits per heavy atom. The van der Waals surface area contributed by atoms with Gasteiger partial charge < -0.3 is 27.4 Å². The highest BCUT2D eigenvalue weighted by molar-refractivity contribution is 7.90. The van der Waals surface area contributed by atoms with Crippen molar-refractivity contribution in [1.82, 2.24) is 5.32 Å². The zero-order chi connectivity index (χ0) is 26.5. The molecule has 0 bridgehead atoms. The van der Waals surface area contributed by atoms with E-state index < -0.39 is 33.1 Å². The SMILES string of the molecule is CS(=O)(=O)c1ccccc1-c1ccc(NC(=O)C(CN)(CN)NC(=O)Nc2ccc(Cl)cc2)c(F)c1. The molecule has 0 radical (unpaired) electrons. The number of anilines is 2. The van der Waals surface area contributed by atoms with Crippen LogP contribution in [0.15, 0.2) is 71.6 Å². The van der Waals surface area contributed by atoms with Crippen LogP contribution in [0.4, 0.5) is 20.6 Å². The Morgan fingerprint density at radius 1 is 0.972 bits per heavy atom. The van der Waals surface area contributed by atoms with Gasteiger partial charge in [-0.1, -0.05) is 35.9 Å². The number of nitrogens with two attached hydrogens (primary N) is 2. The molecule has 0 saturated carbocycles. The standard InChI is InChI=1S/C24H25ClFN5O4S/c1-36(34,35)21-5-3-2-4-18(21)15-6-11-20(19(26)12-15)30-22(32)24(13-27,14-28)31-23(33)29-17-9-7-16(25)8-10-17/h2-12H,13-14,27-28H2,1H3,(H,30,32)(H2,29,31,33). The van der Waals surface area contributed by atoms with Crippen molar-refractivity contribution in [1.29, 1.82) is 0 Å². The molecule has 3 amide bonds. The zero-order valence-electron chi connectivity index (χ0n) is 19.2. The molecule has 0 unspecified atom stereocenters. The number of carbonyl (C=O) groups is 2. The highest BCUT2D eigenvalue weighted by Crippen LogP contribution is 2.30. The Hall–Kier alpha value is -3.51. The molecule has 190 valence electrons. The van der Waals surface area contributed by atoms with Gasteiger partial charge in [0.1, 0.15) is 11.4 Å². The number of nitrogens with one attached hydrogen (secondary N) is 3. The molecule has 0 heterocycles. The van der Waals surface area contributed by atoms with Gasteiger partial charge in [0.15, 0.2) is 9.84 Å². The van der Waals surface area contributed by atoms with Gasteiger partial charge in [0, 0.05) is 35.6 Å². The van der Waals surface area contributed by atoms with Crippen molar-refractivity contribution in [3.63, 3.8) is 0 Å². The summed E-state index contributed by atoms with van der Waals surface area (Å²) in [5.41, 5.74) is 10.6. The molecule has 0 saturated heterocycles. The molecule has 3 aromatic rings. The zero-order valence-corrected chi connectivity index (χ0v) is 20.8. The van der Waals surface area contributed by atoms with E-state index in [0.717, 1.165) is 12.3 Å². The average Bonchev–Trinajstić information content (AvgIpc) is 2.84. The van der Waals surface area contributed by atoms with Crippen LogP contribution in [0.1, 0.15) is 0 Å². The monoisotopic (exact) mass is 533 g/mol. The number of hydrogen-bond donors (Lipinski definition) is 5. The summed E-state index contributed by atoms with van der Waals surface area (Å²) in [7, 11) is -3.56. The maximum Gasteiger partial charge on any atom is 0.320 e. The predicted molar refractivity (Wildman–Crippen MR) is 138 cm³/mol. The molecule has 0 aliphatic carbocycles. The minimum Gasteiger partial charge on any atom is -0.328 e. The van der Waals surface area contributed by atoms with E-state index in [-0.39, 0.29) is 23.7 Å². The molecule has 0 atom stereocenters. The number of halogens is 2. The van der Waals surface area contributed by atoms with Crippen LogP contribution in [0, 0.1) is 5.82 Å². The number of amides is 3. The molecule has 0 spiro atoms. The van der Waals surface area contributed by atoms with E-state index >= 15 is 0 Å². The van der Waals surface area contributed by atoms with Crippen molar-refractivity contribution in [2.45, 2.75) is 10.4 Å². The van der Waals surface area contributed by atoms with Gasteiger partial charge in [-0.05, 0) is 48.0 Å². The quantitative estimate of drug-likeness (QED) is 0.299. The van der Waals surface area contributed by atoms with E-state index in [1.54, 1.807) is 42.5 Å². The summed E-state index contributed by atoms with van der Waals surface area (Å²) in [6.07, 6.45) is 1.06. The van der Waals surface area contributed by atoms with Crippen molar-refractivity contribution < 1.29 is 22.4 Å². The molecule has 9 nitrogen and oxygen atoms in total. The van der Waals surface area contributed by atoms with E-state index in [1.165, 1.54) is 18.2 Å². The number of urea groups is 1. The van der Waals surface area contributed by atoms with E-state index in [4.69, 9.17) is 23.1 Å². The molecule has 3 aromatic carbocycles. The summed E-state index contributed by atoms with van der Waals surface area (Å²) in [5, 5.41) is 7.88. The first-order chi connectivity index (χ1) is 17.0. The molecular formula is C24H25ClFN5O4S. The van der Waals surface area contributed by atoms with Gasteiger partial charge in [0.05, 0.1) is 10.6 Å². The summed E-state index contributed by atoms with van der Waals surface area (Å²) < 4.78 is 39.2. The second kappa shape index (κ2) is 11.0. The van der Waals surface area contributed by atoms with Crippen molar-refractivity contribution in [2.75, 3.05) is 30.0 Å². The first kappa shape index (κ1) is 27.1. The van der Waals surface area contributed by atoms with Crippen LogP contribution in [0.5, 0.6) is 0 Å². The third kappa shape index (κ3) is 6.18. The molecular weight excluding hydrogens is 509 g/mol. The molecule has 0 fully saturated rings. The lowest BCUT2D eigenvalue weighted by atomic mass is 9.98. The Labute approximate surface area is 212 Å². The largest absolute Gasteiger partial charge is 0.328 e. The molecule has 0 aliphatic rings. The smallest absolute Gasteiger partial charge is 0.320 e. The number of sulfone groups is 1. The average molecular weight is 534 g/mol. The predicted octanol–water partition coefficient (Wildman–Crippen LogP) is 2.97. The van der Waals surface area contributed by atoms with Crippen molar-refractivity contribution >= 4 is 44.8 Å². The van der Waals surface area contributed by atoms with Gasteiger partial charge in [-0.15, -0.1) is 0 Å². The third-order valence-corrected chi connectivity index (χ3v) is 6.81. The second-order valence-corrected chi connectivity index (χ2v) is 10.4. The Balaban J connectivity index is 1.81. The lowest BCUT2D eigenvalue weighted by Crippen LogP contribution is -2.66. The van der Waals surface area contributed by atoms with Crippen molar-refractivity contribution in [2.24, 2.45) is 11.5 Å². The van der Waals surface area contributed by atoms with Crippen LogP contribution >= 0.6 is 11.6 Å². The topological polar surface area (TPSA) is 156 Å². The van der Waals surface area contributed by atoms with Crippen molar-refractivity contribution in [3.05, 3.63) is 77.6 Å². The Kier molecular flexibility index (Phi) is 8.31. The summed E-state index contributed by atoms with van der Waals surface area (Å²) in [6, 6.07) is 15.6. The fraction of sp³-hybridized carbons (Fsp3) is 0.167. The van der Waals surface area contributed by atoms with Crippen LogP contribution in [0.25, 0.3) is 11.1 Å². The summed E-state index contributed by atoms with van der Waals surface area (Å²) in [5.74, 6) is -1.65. The first-order valence-electron chi connectivity index (χ1n) is 10.6. The van der Waals surface area contributed by atoms with E-state index in [1.807, 2.05) is 0 Å². The van der Waals surface area contributed by atoms with E-state index in [2.05, 4.69) is 16.0 Å². The molecule has 0 aromatic heterocycles. The number of rotatable bonds is 8.